The van der Waals surface area contributed by atoms with Gasteiger partial charge in [-0.1, -0.05) is 30.3 Å². The van der Waals surface area contributed by atoms with Crippen LogP contribution in [0.2, 0.25) is 0 Å². The van der Waals surface area contributed by atoms with Gasteiger partial charge in [-0.15, -0.1) is 0 Å². The molecule has 0 saturated heterocycles. The van der Waals surface area contributed by atoms with Gasteiger partial charge in [0, 0.05) is 24.2 Å². The van der Waals surface area contributed by atoms with E-state index < -0.39 is 4.92 Å². The molecule has 1 heterocycles. The van der Waals surface area contributed by atoms with Crippen molar-refractivity contribution < 1.29 is 14.1 Å². The van der Waals surface area contributed by atoms with E-state index in [4.69, 9.17) is 4.42 Å². The molecule has 6 nitrogen and oxygen atoms in total. The van der Waals surface area contributed by atoms with Gasteiger partial charge < -0.3 is 9.32 Å². The maximum absolute atomic E-state index is 12.9. The third-order valence-corrected chi connectivity index (χ3v) is 3.76. The molecule has 6 heteroatoms. The molecule has 3 aromatic rings. The third kappa shape index (κ3) is 4.11. The average Bonchev–Trinajstić information content (AvgIpc) is 3.14. The number of carbonyl (C=O) groups excluding carboxylic acids is 1. The second kappa shape index (κ2) is 7.44. The predicted octanol–water partition coefficient (Wildman–Crippen LogP) is 4.03. The molecule has 25 heavy (non-hydrogen) atoms. The molecule has 0 unspecified atom stereocenters. The van der Waals surface area contributed by atoms with E-state index in [1.807, 2.05) is 30.3 Å². The van der Waals surface area contributed by atoms with Gasteiger partial charge in [-0.3, -0.25) is 14.9 Å². The molecule has 0 radical (unpaired) electrons. The summed E-state index contributed by atoms with van der Waals surface area (Å²) in [5, 5.41) is 10.8. The number of non-ortho nitro benzene ring substituents is 1. The molecule has 0 fully saturated rings. The van der Waals surface area contributed by atoms with Crippen LogP contribution in [0, 0.1) is 10.1 Å². The Bertz CT molecular complexity index is 843. The summed E-state index contributed by atoms with van der Waals surface area (Å²) in [4.78, 5) is 24.8. The zero-order valence-electron chi connectivity index (χ0n) is 13.4. The van der Waals surface area contributed by atoms with Crippen molar-refractivity contribution in [2.45, 2.75) is 13.1 Å². The zero-order chi connectivity index (χ0) is 17.6. The number of amides is 1. The zero-order valence-corrected chi connectivity index (χ0v) is 13.4. The molecule has 1 aromatic heterocycles. The molecule has 1 amide bonds. The first kappa shape index (κ1) is 16.4. The summed E-state index contributed by atoms with van der Waals surface area (Å²) < 4.78 is 5.36. The van der Waals surface area contributed by atoms with E-state index in [0.717, 1.165) is 5.56 Å². The molecular formula is C19H16N2O4. The highest BCUT2D eigenvalue weighted by atomic mass is 16.6. The smallest absolute Gasteiger partial charge is 0.269 e. The highest BCUT2D eigenvalue weighted by Gasteiger charge is 2.18. The fourth-order valence-corrected chi connectivity index (χ4v) is 2.50. The Morgan fingerprint density at radius 2 is 1.68 bits per heavy atom. The predicted molar refractivity (Wildman–Crippen MR) is 91.8 cm³/mol. The van der Waals surface area contributed by atoms with Crippen LogP contribution in [0.25, 0.3) is 0 Å². The van der Waals surface area contributed by atoms with E-state index >= 15 is 0 Å². The largest absolute Gasteiger partial charge is 0.467 e. The number of rotatable bonds is 6. The lowest BCUT2D eigenvalue weighted by atomic mass is 10.1. The molecule has 0 saturated carbocycles. The van der Waals surface area contributed by atoms with E-state index in [9.17, 15) is 14.9 Å². The van der Waals surface area contributed by atoms with Crippen LogP contribution in [0.15, 0.2) is 77.4 Å². The summed E-state index contributed by atoms with van der Waals surface area (Å²) in [6, 6.07) is 18.8. The first-order chi connectivity index (χ1) is 12.1. The van der Waals surface area contributed by atoms with E-state index in [1.165, 1.54) is 24.3 Å². The van der Waals surface area contributed by atoms with Crippen LogP contribution in [0.3, 0.4) is 0 Å². The monoisotopic (exact) mass is 336 g/mol. The normalized spacial score (nSPS) is 10.4. The lowest BCUT2D eigenvalue weighted by Crippen LogP contribution is -2.30. The lowest BCUT2D eigenvalue weighted by Gasteiger charge is -2.22. The number of hydrogen-bond donors (Lipinski definition) is 0. The number of nitro groups is 1. The molecular weight excluding hydrogens is 320 g/mol. The summed E-state index contributed by atoms with van der Waals surface area (Å²) in [7, 11) is 0. The summed E-state index contributed by atoms with van der Waals surface area (Å²) in [5.41, 5.74) is 1.34. The Balaban J connectivity index is 1.84. The van der Waals surface area contributed by atoms with Gasteiger partial charge in [0.2, 0.25) is 0 Å². The van der Waals surface area contributed by atoms with Gasteiger partial charge >= 0.3 is 0 Å². The summed E-state index contributed by atoms with van der Waals surface area (Å²) in [6.45, 7) is 0.731. The lowest BCUT2D eigenvalue weighted by molar-refractivity contribution is -0.384. The number of nitro benzene ring substituents is 1. The standard InChI is InChI=1S/C19H16N2O4/c22-19(16-8-10-17(11-9-16)21(23)24)20(14-18-7-4-12-25-18)13-15-5-2-1-3-6-15/h1-12H,13-14H2. The maximum Gasteiger partial charge on any atom is 0.269 e. The molecule has 0 spiro atoms. The van der Waals surface area contributed by atoms with E-state index in [1.54, 1.807) is 23.3 Å². The first-order valence-electron chi connectivity index (χ1n) is 7.73. The first-order valence-corrected chi connectivity index (χ1v) is 7.73. The summed E-state index contributed by atoms with van der Waals surface area (Å²) in [6.07, 6.45) is 1.56. The highest BCUT2D eigenvalue weighted by Crippen LogP contribution is 2.17. The van der Waals surface area contributed by atoms with Crippen molar-refractivity contribution in [2.24, 2.45) is 0 Å². The number of nitrogens with zero attached hydrogens (tertiary/aromatic N) is 2. The van der Waals surface area contributed by atoms with Crippen LogP contribution in [0.5, 0.6) is 0 Å². The van der Waals surface area contributed by atoms with Crippen molar-refractivity contribution in [1.29, 1.82) is 0 Å². The van der Waals surface area contributed by atoms with Gasteiger partial charge in [0.05, 0.1) is 17.7 Å². The topological polar surface area (TPSA) is 76.6 Å². The Kier molecular flexibility index (Phi) is 4.89. The van der Waals surface area contributed by atoms with Crippen LogP contribution in [-0.4, -0.2) is 15.7 Å². The number of hydrogen-bond acceptors (Lipinski definition) is 4. The molecule has 0 aliphatic carbocycles. The number of furan rings is 1. The van der Waals surface area contributed by atoms with Gasteiger partial charge in [0.15, 0.2) is 0 Å². The minimum atomic E-state index is -0.487. The minimum Gasteiger partial charge on any atom is -0.467 e. The molecule has 126 valence electrons. The summed E-state index contributed by atoms with van der Waals surface area (Å²) >= 11 is 0. The Morgan fingerprint density at radius 1 is 0.960 bits per heavy atom. The Morgan fingerprint density at radius 3 is 2.28 bits per heavy atom. The molecule has 0 N–H and O–H groups in total. The quantitative estimate of drug-likeness (QED) is 0.503. The van der Waals surface area contributed by atoms with Crippen molar-refractivity contribution >= 4 is 11.6 Å². The number of carbonyl (C=O) groups is 1. The Labute approximate surface area is 144 Å². The summed E-state index contributed by atoms with van der Waals surface area (Å²) in [5.74, 6) is 0.460. The van der Waals surface area contributed by atoms with Crippen LogP contribution in [0.1, 0.15) is 21.7 Å². The second-order valence-electron chi connectivity index (χ2n) is 5.53. The van der Waals surface area contributed by atoms with Crippen molar-refractivity contribution in [3.05, 3.63) is 100.0 Å². The number of benzene rings is 2. The molecule has 0 atom stereocenters. The fraction of sp³-hybridized carbons (Fsp3) is 0.105. The molecule has 0 bridgehead atoms. The van der Waals surface area contributed by atoms with Gasteiger partial charge in [0.25, 0.3) is 11.6 Å². The molecule has 0 aliphatic rings. The van der Waals surface area contributed by atoms with Gasteiger partial charge in [-0.05, 0) is 29.8 Å². The third-order valence-electron chi connectivity index (χ3n) is 3.76. The van der Waals surface area contributed by atoms with Crippen LogP contribution >= 0.6 is 0 Å². The van der Waals surface area contributed by atoms with Crippen molar-refractivity contribution in [3.8, 4) is 0 Å². The van der Waals surface area contributed by atoms with Crippen molar-refractivity contribution in [2.75, 3.05) is 0 Å². The fourth-order valence-electron chi connectivity index (χ4n) is 2.50. The van der Waals surface area contributed by atoms with E-state index in [-0.39, 0.29) is 11.6 Å². The minimum absolute atomic E-state index is 0.0443. The Hall–Kier alpha value is -3.41. The van der Waals surface area contributed by atoms with Crippen LogP contribution in [0.4, 0.5) is 5.69 Å². The van der Waals surface area contributed by atoms with Crippen LogP contribution in [-0.2, 0) is 13.1 Å². The SMILES string of the molecule is O=C(c1ccc([N+](=O)[O-])cc1)N(Cc1ccccc1)Cc1ccco1. The molecule has 3 rings (SSSR count). The second-order valence-corrected chi connectivity index (χ2v) is 5.53. The molecule has 2 aromatic carbocycles. The van der Waals surface area contributed by atoms with Crippen molar-refractivity contribution in [3.63, 3.8) is 0 Å². The van der Waals surface area contributed by atoms with E-state index in [2.05, 4.69) is 0 Å². The van der Waals surface area contributed by atoms with Crippen LogP contribution < -0.4 is 0 Å². The van der Waals surface area contributed by atoms with E-state index in [0.29, 0.717) is 24.4 Å². The average molecular weight is 336 g/mol. The van der Waals surface area contributed by atoms with Gasteiger partial charge in [0.1, 0.15) is 5.76 Å². The van der Waals surface area contributed by atoms with Gasteiger partial charge in [-0.25, -0.2) is 0 Å². The molecule has 0 aliphatic heterocycles. The maximum atomic E-state index is 12.9. The van der Waals surface area contributed by atoms with Crippen molar-refractivity contribution in [1.82, 2.24) is 4.90 Å². The van der Waals surface area contributed by atoms with Gasteiger partial charge in [-0.2, -0.15) is 0 Å². The highest BCUT2D eigenvalue weighted by molar-refractivity contribution is 5.94.